The van der Waals surface area contributed by atoms with Gasteiger partial charge in [-0.1, -0.05) is 0 Å². The lowest BCUT2D eigenvalue weighted by molar-refractivity contribution is -0.137. The van der Waals surface area contributed by atoms with Gasteiger partial charge in [0.15, 0.2) is 5.16 Å². The number of rotatable bonds is 3. The zero-order valence-electron chi connectivity index (χ0n) is 7.39. The maximum atomic E-state index is 11.4. The Bertz CT molecular complexity index is 334. The van der Waals surface area contributed by atoms with Crippen LogP contribution in [0.4, 0.5) is 0 Å². The van der Waals surface area contributed by atoms with E-state index in [-0.39, 0.29) is 5.75 Å². The third kappa shape index (κ3) is 2.38. The first-order valence-corrected chi connectivity index (χ1v) is 4.89. The standard InChI is InChI=1S/C7H10N2O3S/c1-9-4-3-8-7(9)13(11)5-6(10)12-2/h3-4H,5H2,1-2H3/t13-/m0/s1. The van der Waals surface area contributed by atoms with E-state index in [1.54, 1.807) is 17.8 Å². The van der Waals surface area contributed by atoms with E-state index < -0.39 is 16.8 Å². The molecule has 0 N–H and O–H groups in total. The number of aryl methyl sites for hydroxylation is 1. The van der Waals surface area contributed by atoms with Crippen molar-refractivity contribution >= 4 is 16.8 Å². The predicted octanol–water partition coefficient (Wildman–Crippen LogP) is -0.299. The molecule has 0 unspecified atom stereocenters. The molecule has 0 spiro atoms. The number of esters is 1. The van der Waals surface area contributed by atoms with E-state index >= 15 is 0 Å². The van der Waals surface area contributed by atoms with Crippen LogP contribution < -0.4 is 0 Å². The van der Waals surface area contributed by atoms with Crippen LogP contribution in [0.3, 0.4) is 0 Å². The number of carbonyl (C=O) groups excluding carboxylic acids is 1. The van der Waals surface area contributed by atoms with Crippen molar-refractivity contribution in [3.8, 4) is 0 Å². The van der Waals surface area contributed by atoms with Crippen molar-refractivity contribution in [3.05, 3.63) is 12.4 Å². The van der Waals surface area contributed by atoms with Crippen molar-refractivity contribution < 1.29 is 13.7 Å². The van der Waals surface area contributed by atoms with Crippen molar-refractivity contribution in [2.45, 2.75) is 5.16 Å². The molecule has 0 aliphatic carbocycles. The van der Waals surface area contributed by atoms with Gasteiger partial charge >= 0.3 is 5.97 Å². The third-order valence-corrected chi connectivity index (χ3v) is 2.76. The summed E-state index contributed by atoms with van der Waals surface area (Å²) in [5.74, 6) is -0.650. The molecule has 13 heavy (non-hydrogen) atoms. The van der Waals surface area contributed by atoms with Gasteiger partial charge in [-0.15, -0.1) is 0 Å². The van der Waals surface area contributed by atoms with Gasteiger partial charge < -0.3 is 9.30 Å². The molecule has 0 saturated heterocycles. The van der Waals surface area contributed by atoms with Gasteiger partial charge in [0, 0.05) is 19.4 Å². The van der Waals surface area contributed by atoms with Crippen molar-refractivity contribution in [2.75, 3.05) is 12.9 Å². The van der Waals surface area contributed by atoms with E-state index in [0.717, 1.165) is 0 Å². The monoisotopic (exact) mass is 202 g/mol. The van der Waals surface area contributed by atoms with E-state index in [2.05, 4.69) is 9.72 Å². The number of aromatic nitrogens is 2. The maximum Gasteiger partial charge on any atom is 0.318 e. The van der Waals surface area contributed by atoms with Crippen LogP contribution in [0.2, 0.25) is 0 Å². The number of hydrogen-bond donors (Lipinski definition) is 0. The summed E-state index contributed by atoms with van der Waals surface area (Å²) in [6, 6.07) is 0. The molecule has 1 heterocycles. The zero-order valence-corrected chi connectivity index (χ0v) is 8.21. The summed E-state index contributed by atoms with van der Waals surface area (Å²) in [7, 11) is 1.57. The summed E-state index contributed by atoms with van der Waals surface area (Å²) in [6.07, 6.45) is 3.20. The Morgan fingerprint density at radius 2 is 2.46 bits per heavy atom. The molecular weight excluding hydrogens is 192 g/mol. The van der Waals surface area contributed by atoms with E-state index in [0.29, 0.717) is 5.16 Å². The third-order valence-electron chi connectivity index (χ3n) is 1.46. The molecule has 0 fully saturated rings. The minimum absolute atomic E-state index is 0.151. The van der Waals surface area contributed by atoms with Crippen LogP contribution in [-0.2, 0) is 27.4 Å². The molecule has 5 nitrogen and oxygen atoms in total. The Morgan fingerprint density at radius 1 is 1.77 bits per heavy atom. The van der Waals surface area contributed by atoms with Gasteiger partial charge in [0.2, 0.25) is 0 Å². The fourth-order valence-corrected chi connectivity index (χ4v) is 1.82. The highest BCUT2D eigenvalue weighted by Gasteiger charge is 2.13. The second kappa shape index (κ2) is 4.18. The molecule has 0 aliphatic rings. The van der Waals surface area contributed by atoms with Crippen LogP contribution in [-0.4, -0.2) is 32.6 Å². The van der Waals surface area contributed by atoms with Gasteiger partial charge in [-0.3, -0.25) is 9.00 Å². The van der Waals surface area contributed by atoms with Gasteiger partial charge in [0.05, 0.1) is 7.11 Å². The van der Waals surface area contributed by atoms with Gasteiger partial charge in [-0.2, -0.15) is 0 Å². The maximum absolute atomic E-state index is 11.4. The van der Waals surface area contributed by atoms with Gasteiger partial charge in [0.1, 0.15) is 16.6 Å². The molecule has 1 rings (SSSR count). The Labute approximate surface area is 78.2 Å². The first kappa shape index (κ1) is 9.91. The molecular formula is C7H10N2O3S. The molecule has 1 atom stereocenters. The van der Waals surface area contributed by atoms with Crippen molar-refractivity contribution in [2.24, 2.45) is 7.05 Å². The normalized spacial score (nSPS) is 12.5. The molecule has 0 aromatic carbocycles. The SMILES string of the molecule is COC(=O)C[S@](=O)c1nccn1C. The lowest BCUT2D eigenvalue weighted by atomic mass is 10.8. The summed E-state index contributed by atoms with van der Waals surface area (Å²) in [5.41, 5.74) is 0. The first-order chi connectivity index (χ1) is 6.15. The molecule has 0 amide bonds. The highest BCUT2D eigenvalue weighted by atomic mass is 32.2. The van der Waals surface area contributed by atoms with E-state index in [1.165, 1.54) is 13.3 Å². The van der Waals surface area contributed by atoms with Crippen LogP contribution in [0.15, 0.2) is 17.6 Å². The van der Waals surface area contributed by atoms with Crippen LogP contribution in [0.5, 0.6) is 0 Å². The molecule has 6 heteroatoms. The van der Waals surface area contributed by atoms with E-state index in [4.69, 9.17) is 0 Å². The summed E-state index contributed by atoms with van der Waals surface area (Å²) < 4.78 is 17.4. The van der Waals surface area contributed by atoms with Crippen molar-refractivity contribution in [1.29, 1.82) is 0 Å². The number of hydrogen-bond acceptors (Lipinski definition) is 4. The van der Waals surface area contributed by atoms with E-state index in [9.17, 15) is 9.00 Å². The van der Waals surface area contributed by atoms with Crippen LogP contribution in [0, 0.1) is 0 Å². The summed E-state index contributed by atoms with van der Waals surface area (Å²) in [6.45, 7) is 0. The number of ether oxygens (including phenoxy) is 1. The molecule has 1 aromatic heterocycles. The molecule has 0 bridgehead atoms. The molecule has 0 radical (unpaired) electrons. The Balaban J connectivity index is 2.69. The minimum Gasteiger partial charge on any atom is -0.468 e. The van der Waals surface area contributed by atoms with Gasteiger partial charge in [-0.05, 0) is 0 Å². The van der Waals surface area contributed by atoms with E-state index in [1.807, 2.05) is 0 Å². The second-order valence-electron chi connectivity index (χ2n) is 2.39. The number of nitrogens with zero attached hydrogens (tertiary/aromatic N) is 2. The van der Waals surface area contributed by atoms with Gasteiger partial charge in [0.25, 0.3) is 0 Å². The largest absolute Gasteiger partial charge is 0.468 e. The summed E-state index contributed by atoms with van der Waals surface area (Å²) >= 11 is 0. The van der Waals surface area contributed by atoms with Crippen molar-refractivity contribution in [3.63, 3.8) is 0 Å². The highest BCUT2D eigenvalue weighted by Crippen LogP contribution is 2.01. The predicted molar refractivity (Wildman–Crippen MR) is 46.5 cm³/mol. The van der Waals surface area contributed by atoms with Crippen molar-refractivity contribution in [1.82, 2.24) is 9.55 Å². The first-order valence-electron chi connectivity index (χ1n) is 3.57. The quantitative estimate of drug-likeness (QED) is 0.631. The topological polar surface area (TPSA) is 61.2 Å². The second-order valence-corrected chi connectivity index (χ2v) is 3.73. The van der Waals surface area contributed by atoms with Crippen LogP contribution in [0.1, 0.15) is 0 Å². The number of carbonyl (C=O) groups is 1. The highest BCUT2D eigenvalue weighted by molar-refractivity contribution is 7.85. The Morgan fingerprint density at radius 3 is 2.92 bits per heavy atom. The molecule has 72 valence electrons. The zero-order chi connectivity index (χ0) is 9.84. The number of imidazole rings is 1. The Kier molecular flexibility index (Phi) is 3.18. The number of methoxy groups -OCH3 is 1. The average Bonchev–Trinajstić information content (AvgIpc) is 2.51. The van der Waals surface area contributed by atoms with Crippen LogP contribution in [0.25, 0.3) is 0 Å². The fraction of sp³-hybridized carbons (Fsp3) is 0.429. The lowest BCUT2D eigenvalue weighted by Crippen LogP contribution is -2.14. The fourth-order valence-electron chi connectivity index (χ4n) is 0.802. The van der Waals surface area contributed by atoms with Crippen LogP contribution >= 0.6 is 0 Å². The van der Waals surface area contributed by atoms with Gasteiger partial charge in [-0.25, -0.2) is 4.98 Å². The average molecular weight is 202 g/mol. The smallest absolute Gasteiger partial charge is 0.318 e. The lowest BCUT2D eigenvalue weighted by Gasteiger charge is -2.00. The summed E-state index contributed by atoms with van der Waals surface area (Å²) in [5, 5.41) is 0.380. The molecule has 0 aliphatic heterocycles. The summed E-state index contributed by atoms with van der Waals surface area (Å²) in [4.78, 5) is 14.6. The molecule has 1 aromatic rings. The Hall–Kier alpha value is -1.17. The molecule has 0 saturated carbocycles. The minimum atomic E-state index is -1.42.